The van der Waals surface area contributed by atoms with Crippen LogP contribution in [0.2, 0.25) is 0 Å². The Morgan fingerprint density at radius 2 is 2.18 bits per heavy atom. The second-order valence-corrected chi connectivity index (χ2v) is 1.66. The van der Waals surface area contributed by atoms with Gasteiger partial charge >= 0.3 is 6.09 Å². The molecule has 0 aliphatic rings. The third-order valence-corrected chi connectivity index (χ3v) is 0.684. The van der Waals surface area contributed by atoms with E-state index in [2.05, 4.69) is 10.5 Å². The molecule has 66 valence electrons. The minimum Gasteiger partial charge on any atom is -0.468 e. The second kappa shape index (κ2) is 11.5. The van der Waals surface area contributed by atoms with Gasteiger partial charge in [-0.05, 0) is 6.42 Å². The summed E-state index contributed by atoms with van der Waals surface area (Å²) in [7, 11) is 0. The molecule has 5 heteroatoms. The number of carbonyl (C=O) groups is 2. The predicted octanol–water partition coefficient (Wildman–Crippen LogP) is 0.583. The molecule has 0 radical (unpaired) electrons. The van der Waals surface area contributed by atoms with E-state index in [0.717, 1.165) is 12.8 Å². The molecule has 0 fully saturated rings. The lowest BCUT2D eigenvalue weighted by molar-refractivity contribution is -0.128. The predicted molar refractivity (Wildman–Crippen MR) is 39.1 cm³/mol. The van der Waals surface area contributed by atoms with E-state index in [1.165, 1.54) is 0 Å². The van der Waals surface area contributed by atoms with Crippen LogP contribution in [0.3, 0.4) is 0 Å². The van der Waals surface area contributed by atoms with E-state index in [0.29, 0.717) is 13.1 Å². The van der Waals surface area contributed by atoms with E-state index in [1.54, 1.807) is 0 Å². The van der Waals surface area contributed by atoms with E-state index in [-0.39, 0.29) is 0 Å². The minimum absolute atomic E-state index is 0.482. The van der Waals surface area contributed by atoms with Gasteiger partial charge < -0.3 is 15.6 Å². The molecule has 0 atom stereocenters. The molecule has 0 rings (SSSR count). The monoisotopic (exact) mass is 163 g/mol. The molecule has 0 saturated heterocycles. The lowest BCUT2D eigenvalue weighted by Crippen LogP contribution is -2.03. The highest BCUT2D eigenvalue weighted by Crippen LogP contribution is 1.83. The van der Waals surface area contributed by atoms with Crippen LogP contribution in [0.1, 0.15) is 19.8 Å². The number of primary amides is 1. The molecule has 0 aliphatic carbocycles. The van der Waals surface area contributed by atoms with Gasteiger partial charge in [-0.3, -0.25) is 4.79 Å². The van der Waals surface area contributed by atoms with Crippen LogP contribution in [0.25, 0.3) is 0 Å². The first-order valence-corrected chi connectivity index (χ1v) is 3.18. The van der Waals surface area contributed by atoms with Crippen LogP contribution in [-0.4, -0.2) is 24.3 Å². The van der Waals surface area contributed by atoms with Crippen molar-refractivity contribution in [3.8, 4) is 0 Å². The number of rotatable bonds is 4. The summed E-state index contributed by atoms with van der Waals surface area (Å²) in [6.07, 6.45) is 0.715. The van der Waals surface area contributed by atoms with Crippen molar-refractivity contribution >= 4 is 12.6 Å². The van der Waals surface area contributed by atoms with Gasteiger partial charge in [0.25, 0.3) is 6.47 Å². The van der Waals surface area contributed by atoms with Gasteiger partial charge in [0.1, 0.15) is 0 Å². The maximum atomic E-state index is 9.46. The molecule has 0 heterocycles. The Kier molecular flexibility index (Phi) is 13.0. The van der Waals surface area contributed by atoms with Crippen molar-refractivity contribution in [1.29, 1.82) is 0 Å². The Labute approximate surface area is 65.1 Å². The Hall–Kier alpha value is -1.26. The van der Waals surface area contributed by atoms with Crippen LogP contribution in [0.5, 0.6) is 0 Å². The van der Waals surface area contributed by atoms with Gasteiger partial charge in [0, 0.05) is 0 Å². The molecule has 0 spiro atoms. The zero-order chi connectivity index (χ0) is 9.11. The third-order valence-electron chi connectivity index (χ3n) is 0.684. The fourth-order valence-corrected chi connectivity index (χ4v) is 0.276. The second-order valence-electron chi connectivity index (χ2n) is 1.66. The Morgan fingerprint density at radius 1 is 1.73 bits per heavy atom. The molecule has 0 unspecified atom stereocenters. The van der Waals surface area contributed by atoms with Gasteiger partial charge in [0.2, 0.25) is 0 Å². The molecule has 11 heavy (non-hydrogen) atoms. The largest absolute Gasteiger partial charge is 0.468 e. The number of hydrogen-bond donors (Lipinski definition) is 2. The highest BCUT2D eigenvalue weighted by Gasteiger charge is 1.78. The minimum atomic E-state index is -1.33. The Morgan fingerprint density at radius 3 is 2.45 bits per heavy atom. The van der Waals surface area contributed by atoms with Gasteiger partial charge in [0.15, 0.2) is 0 Å². The fourth-order valence-electron chi connectivity index (χ4n) is 0.276. The molecule has 0 aliphatic heterocycles. The SMILES string of the molecule is CCCCOC=O.NC(=O)O. The van der Waals surface area contributed by atoms with Crippen molar-refractivity contribution in [1.82, 2.24) is 0 Å². The topological polar surface area (TPSA) is 89.6 Å². The number of hydrogen-bond acceptors (Lipinski definition) is 3. The average molecular weight is 163 g/mol. The highest BCUT2D eigenvalue weighted by atomic mass is 16.5. The summed E-state index contributed by atoms with van der Waals surface area (Å²) in [6, 6.07) is 0. The fraction of sp³-hybridized carbons (Fsp3) is 0.667. The smallest absolute Gasteiger partial charge is 0.402 e. The summed E-state index contributed by atoms with van der Waals surface area (Å²) in [5.74, 6) is 0. The molecular weight excluding hydrogens is 150 g/mol. The van der Waals surface area contributed by atoms with Crippen molar-refractivity contribution < 1.29 is 19.4 Å². The summed E-state index contributed by atoms with van der Waals surface area (Å²) >= 11 is 0. The van der Waals surface area contributed by atoms with E-state index in [9.17, 15) is 4.79 Å². The van der Waals surface area contributed by atoms with Crippen molar-refractivity contribution in [3.05, 3.63) is 0 Å². The van der Waals surface area contributed by atoms with Gasteiger partial charge in [-0.25, -0.2) is 4.79 Å². The van der Waals surface area contributed by atoms with Gasteiger partial charge in [0.05, 0.1) is 6.61 Å². The number of amides is 1. The van der Waals surface area contributed by atoms with Crippen LogP contribution in [0.15, 0.2) is 0 Å². The van der Waals surface area contributed by atoms with Crippen LogP contribution >= 0.6 is 0 Å². The van der Waals surface area contributed by atoms with Crippen molar-refractivity contribution in [2.75, 3.05) is 6.61 Å². The number of nitrogens with two attached hydrogens (primary N) is 1. The van der Waals surface area contributed by atoms with Gasteiger partial charge in [-0.1, -0.05) is 13.3 Å². The van der Waals surface area contributed by atoms with Crippen LogP contribution < -0.4 is 5.73 Å². The van der Waals surface area contributed by atoms with E-state index < -0.39 is 6.09 Å². The number of carboxylic acid groups (broad SMARTS) is 1. The van der Waals surface area contributed by atoms with E-state index in [1.807, 2.05) is 6.92 Å². The molecule has 0 aromatic carbocycles. The van der Waals surface area contributed by atoms with Crippen molar-refractivity contribution in [3.63, 3.8) is 0 Å². The molecule has 0 bridgehead atoms. The lowest BCUT2D eigenvalue weighted by Gasteiger charge is -1.90. The third kappa shape index (κ3) is 52.9. The molecule has 3 N–H and O–H groups in total. The molecule has 0 aromatic heterocycles. The van der Waals surface area contributed by atoms with Gasteiger partial charge in [-0.2, -0.15) is 0 Å². The van der Waals surface area contributed by atoms with E-state index in [4.69, 9.17) is 9.90 Å². The zero-order valence-electron chi connectivity index (χ0n) is 6.45. The summed E-state index contributed by atoms with van der Waals surface area (Å²) in [5, 5.41) is 7.19. The number of unbranched alkanes of at least 4 members (excludes halogenated alkanes) is 1. The van der Waals surface area contributed by atoms with Crippen molar-refractivity contribution in [2.45, 2.75) is 19.8 Å². The first-order valence-electron chi connectivity index (χ1n) is 3.18. The maximum Gasteiger partial charge on any atom is 0.402 e. The van der Waals surface area contributed by atoms with E-state index >= 15 is 0 Å². The highest BCUT2D eigenvalue weighted by molar-refractivity contribution is 5.61. The molecule has 5 nitrogen and oxygen atoms in total. The summed E-state index contributed by atoms with van der Waals surface area (Å²) in [6.45, 7) is 3.10. The molecule has 1 amide bonds. The lowest BCUT2D eigenvalue weighted by atomic mass is 10.4. The zero-order valence-corrected chi connectivity index (χ0v) is 6.45. The average Bonchev–Trinajstić information content (AvgIpc) is 1.88. The Balaban J connectivity index is 0. The molecule has 0 aromatic rings. The quantitative estimate of drug-likeness (QED) is 0.468. The summed E-state index contributed by atoms with van der Waals surface area (Å²) < 4.78 is 4.39. The number of carbonyl (C=O) groups excluding carboxylic acids is 1. The van der Waals surface area contributed by atoms with Gasteiger partial charge in [-0.15, -0.1) is 0 Å². The number of ether oxygens (including phenoxy) is 1. The van der Waals surface area contributed by atoms with Crippen LogP contribution in [0, 0.1) is 0 Å². The van der Waals surface area contributed by atoms with Crippen LogP contribution in [-0.2, 0) is 9.53 Å². The summed E-state index contributed by atoms with van der Waals surface area (Å²) in [4.78, 5) is 18.2. The first-order chi connectivity index (χ1) is 5.15. The summed E-state index contributed by atoms with van der Waals surface area (Å²) in [5.41, 5.74) is 4.03. The first kappa shape index (κ1) is 12.4. The normalized spacial score (nSPS) is 7.36. The maximum absolute atomic E-state index is 9.46. The van der Waals surface area contributed by atoms with Crippen LogP contribution in [0.4, 0.5) is 4.79 Å². The molecule has 0 saturated carbocycles. The molecular formula is C6H13NO4. The Bertz CT molecular complexity index is 101. The standard InChI is InChI=1S/C5H10O2.CH3NO2/c1-2-3-4-7-5-6;2-1(3)4/h5H,2-4H2,1H3;2H2,(H,3,4). The van der Waals surface area contributed by atoms with Crippen molar-refractivity contribution in [2.24, 2.45) is 5.73 Å².